The van der Waals surface area contributed by atoms with Gasteiger partial charge in [0.25, 0.3) is 5.91 Å². The smallest absolute Gasteiger partial charge is 0.257 e. The van der Waals surface area contributed by atoms with E-state index in [-0.39, 0.29) is 11.7 Å². The van der Waals surface area contributed by atoms with Gasteiger partial charge in [-0.3, -0.25) is 4.79 Å². The van der Waals surface area contributed by atoms with E-state index >= 15 is 0 Å². The second kappa shape index (κ2) is 6.20. The molecule has 1 amide bonds. The lowest BCUT2D eigenvalue weighted by molar-refractivity contribution is 0.0783. The molecule has 0 aliphatic heterocycles. The number of halogens is 1. The number of carbonyl (C=O) groups excluding carboxylic acids is 1. The largest absolute Gasteiger partial charge is 0.507 e. The highest BCUT2D eigenvalue weighted by molar-refractivity contribution is 14.1. The molecule has 1 rings (SSSR count). The van der Waals surface area contributed by atoms with Crippen molar-refractivity contribution in [2.75, 3.05) is 34.2 Å². The van der Waals surface area contributed by atoms with Crippen LogP contribution < -0.4 is 0 Å². The molecular formula is C12H17IN2O2. The first-order chi connectivity index (χ1) is 7.91. The summed E-state index contributed by atoms with van der Waals surface area (Å²) in [5.41, 5.74) is 0.359. The van der Waals surface area contributed by atoms with Crippen molar-refractivity contribution in [3.05, 3.63) is 27.3 Å². The Morgan fingerprint density at radius 3 is 2.53 bits per heavy atom. The van der Waals surface area contributed by atoms with Crippen molar-refractivity contribution in [1.82, 2.24) is 9.80 Å². The van der Waals surface area contributed by atoms with Gasteiger partial charge >= 0.3 is 0 Å². The van der Waals surface area contributed by atoms with Gasteiger partial charge in [-0.05, 0) is 54.9 Å². The van der Waals surface area contributed by atoms with Crippen LogP contribution in [0.5, 0.6) is 5.75 Å². The summed E-state index contributed by atoms with van der Waals surface area (Å²) in [7, 11) is 5.66. The minimum atomic E-state index is -0.150. The zero-order valence-electron chi connectivity index (χ0n) is 10.3. The lowest BCUT2D eigenvalue weighted by atomic mass is 10.2. The van der Waals surface area contributed by atoms with Gasteiger partial charge in [-0.1, -0.05) is 0 Å². The molecule has 1 aromatic carbocycles. The summed E-state index contributed by atoms with van der Waals surface area (Å²) in [5, 5.41) is 9.67. The number of phenolic OH excluding ortho intramolecular Hbond substituents is 1. The van der Waals surface area contributed by atoms with Crippen LogP contribution in [0.1, 0.15) is 10.4 Å². The predicted octanol–water partition coefficient (Wildman–Crippen LogP) is 1.63. The summed E-state index contributed by atoms with van der Waals surface area (Å²) in [4.78, 5) is 15.7. The molecule has 0 radical (unpaired) electrons. The molecule has 1 aromatic rings. The summed E-state index contributed by atoms with van der Waals surface area (Å²) in [6.45, 7) is 1.43. The molecule has 0 bridgehead atoms. The summed E-state index contributed by atoms with van der Waals surface area (Å²) in [6.07, 6.45) is 0. The molecule has 17 heavy (non-hydrogen) atoms. The van der Waals surface area contributed by atoms with Crippen molar-refractivity contribution in [3.8, 4) is 5.75 Å². The molecule has 0 saturated heterocycles. The predicted molar refractivity (Wildman–Crippen MR) is 76.3 cm³/mol. The minimum Gasteiger partial charge on any atom is -0.507 e. The topological polar surface area (TPSA) is 43.8 Å². The fraction of sp³-hybridized carbons (Fsp3) is 0.417. The van der Waals surface area contributed by atoms with E-state index in [2.05, 4.69) is 22.6 Å². The number of hydrogen-bond acceptors (Lipinski definition) is 3. The van der Waals surface area contributed by atoms with E-state index in [0.717, 1.165) is 10.1 Å². The first-order valence-corrected chi connectivity index (χ1v) is 6.38. The van der Waals surface area contributed by atoms with Crippen molar-refractivity contribution in [2.45, 2.75) is 0 Å². The normalized spacial score (nSPS) is 10.6. The highest BCUT2D eigenvalue weighted by atomic mass is 127. The van der Waals surface area contributed by atoms with E-state index in [0.29, 0.717) is 12.1 Å². The Kier molecular flexibility index (Phi) is 5.20. The van der Waals surface area contributed by atoms with E-state index in [1.807, 2.05) is 19.0 Å². The monoisotopic (exact) mass is 348 g/mol. The standard InChI is InChI=1S/C12H17IN2O2/c1-14(2)6-7-15(3)12(17)10-8-9(13)4-5-11(10)16/h4-5,8,16H,6-7H2,1-3H3. The van der Waals surface area contributed by atoms with Crippen LogP contribution in [-0.4, -0.2) is 55.0 Å². The average molecular weight is 348 g/mol. The van der Waals surface area contributed by atoms with Gasteiger partial charge in [0.05, 0.1) is 5.56 Å². The molecule has 0 atom stereocenters. The third kappa shape index (κ3) is 4.16. The molecule has 5 heteroatoms. The van der Waals surface area contributed by atoms with E-state index in [1.54, 1.807) is 30.1 Å². The number of rotatable bonds is 4. The summed E-state index contributed by atoms with van der Waals surface area (Å²) < 4.78 is 0.935. The van der Waals surface area contributed by atoms with Crippen LogP contribution in [0.4, 0.5) is 0 Å². The molecular weight excluding hydrogens is 331 g/mol. The molecule has 0 spiro atoms. The fourth-order valence-electron chi connectivity index (χ4n) is 1.34. The zero-order chi connectivity index (χ0) is 13.0. The second-order valence-corrected chi connectivity index (χ2v) is 5.44. The highest BCUT2D eigenvalue weighted by Gasteiger charge is 2.15. The Labute approximate surface area is 115 Å². The molecule has 0 saturated carbocycles. The highest BCUT2D eigenvalue weighted by Crippen LogP contribution is 2.20. The van der Waals surface area contributed by atoms with Gasteiger partial charge in [-0.15, -0.1) is 0 Å². The van der Waals surface area contributed by atoms with Crippen LogP contribution in [0, 0.1) is 3.57 Å². The third-order valence-corrected chi connectivity index (χ3v) is 3.09. The van der Waals surface area contributed by atoms with Gasteiger partial charge in [0.15, 0.2) is 0 Å². The first kappa shape index (κ1) is 14.2. The molecule has 0 aliphatic rings. The van der Waals surface area contributed by atoms with E-state index in [1.165, 1.54) is 0 Å². The van der Waals surface area contributed by atoms with Crippen LogP contribution in [0.2, 0.25) is 0 Å². The SMILES string of the molecule is CN(C)CCN(C)C(=O)c1cc(I)ccc1O. The Balaban J connectivity index is 2.78. The van der Waals surface area contributed by atoms with Crippen LogP contribution in [0.15, 0.2) is 18.2 Å². The number of benzene rings is 1. The van der Waals surface area contributed by atoms with Gasteiger partial charge in [0.2, 0.25) is 0 Å². The van der Waals surface area contributed by atoms with E-state index in [4.69, 9.17) is 0 Å². The van der Waals surface area contributed by atoms with Crippen molar-refractivity contribution in [3.63, 3.8) is 0 Å². The fourth-order valence-corrected chi connectivity index (χ4v) is 1.83. The van der Waals surface area contributed by atoms with Crippen molar-refractivity contribution in [2.24, 2.45) is 0 Å². The number of hydrogen-bond donors (Lipinski definition) is 1. The van der Waals surface area contributed by atoms with E-state index < -0.39 is 0 Å². The number of likely N-dealkylation sites (N-methyl/N-ethyl adjacent to an activating group) is 2. The summed E-state index contributed by atoms with van der Waals surface area (Å²) in [6, 6.07) is 5.02. The number of carbonyl (C=O) groups is 1. The second-order valence-electron chi connectivity index (χ2n) is 4.19. The van der Waals surface area contributed by atoms with Gasteiger partial charge in [-0.2, -0.15) is 0 Å². The van der Waals surface area contributed by atoms with Gasteiger partial charge < -0.3 is 14.9 Å². The zero-order valence-corrected chi connectivity index (χ0v) is 12.4. The molecule has 4 nitrogen and oxygen atoms in total. The molecule has 94 valence electrons. The lowest BCUT2D eigenvalue weighted by Crippen LogP contribution is -2.33. The van der Waals surface area contributed by atoms with Gasteiger partial charge in [0.1, 0.15) is 5.75 Å². The minimum absolute atomic E-state index is 0.0344. The molecule has 1 N–H and O–H groups in total. The maximum absolute atomic E-state index is 12.1. The Hall–Kier alpha value is -0.820. The molecule has 0 heterocycles. The van der Waals surface area contributed by atoms with Gasteiger partial charge in [-0.25, -0.2) is 0 Å². The van der Waals surface area contributed by atoms with Crippen molar-refractivity contribution < 1.29 is 9.90 Å². The molecule has 0 aliphatic carbocycles. The van der Waals surface area contributed by atoms with E-state index in [9.17, 15) is 9.90 Å². The number of phenols is 1. The van der Waals surface area contributed by atoms with Crippen LogP contribution >= 0.6 is 22.6 Å². The molecule has 0 aromatic heterocycles. The average Bonchev–Trinajstić information content (AvgIpc) is 2.28. The summed E-state index contributed by atoms with van der Waals surface area (Å²) in [5.74, 6) is -0.116. The van der Waals surface area contributed by atoms with Crippen molar-refractivity contribution >= 4 is 28.5 Å². The maximum atomic E-state index is 12.1. The number of aromatic hydroxyl groups is 1. The molecule has 0 fully saturated rings. The van der Waals surface area contributed by atoms with Crippen LogP contribution in [0.25, 0.3) is 0 Å². The Morgan fingerprint density at radius 2 is 1.94 bits per heavy atom. The van der Waals surface area contributed by atoms with Crippen LogP contribution in [0.3, 0.4) is 0 Å². The Morgan fingerprint density at radius 1 is 1.29 bits per heavy atom. The van der Waals surface area contributed by atoms with Crippen molar-refractivity contribution in [1.29, 1.82) is 0 Å². The first-order valence-electron chi connectivity index (χ1n) is 5.30. The number of amides is 1. The lowest BCUT2D eigenvalue weighted by Gasteiger charge is -2.20. The molecule has 0 unspecified atom stereocenters. The third-order valence-electron chi connectivity index (χ3n) is 2.42. The number of nitrogens with zero attached hydrogens (tertiary/aromatic N) is 2. The Bertz CT molecular complexity index is 407. The quantitative estimate of drug-likeness (QED) is 0.842. The summed E-state index contributed by atoms with van der Waals surface area (Å²) >= 11 is 2.12. The van der Waals surface area contributed by atoms with Crippen LogP contribution in [-0.2, 0) is 0 Å². The maximum Gasteiger partial charge on any atom is 0.257 e. The van der Waals surface area contributed by atoms with Gasteiger partial charge in [0, 0.05) is 23.7 Å².